The quantitative estimate of drug-likeness (QED) is 0.825. The molecule has 1 aromatic carbocycles. The van der Waals surface area contributed by atoms with Crippen molar-refractivity contribution in [3.63, 3.8) is 0 Å². The maximum Gasteiger partial charge on any atom is 0.227 e. The highest BCUT2D eigenvalue weighted by Gasteiger charge is 2.26. The summed E-state index contributed by atoms with van der Waals surface area (Å²) in [7, 11) is 0. The fraction of sp³-hybridized carbons (Fsp3) is 0.467. The number of amides is 1. The van der Waals surface area contributed by atoms with Gasteiger partial charge in [0.2, 0.25) is 5.91 Å². The van der Waals surface area contributed by atoms with Gasteiger partial charge >= 0.3 is 0 Å². The third kappa shape index (κ3) is 3.47. The van der Waals surface area contributed by atoms with E-state index < -0.39 is 0 Å². The van der Waals surface area contributed by atoms with Crippen molar-refractivity contribution >= 4 is 5.91 Å². The second kappa shape index (κ2) is 6.79. The van der Waals surface area contributed by atoms with Crippen LogP contribution < -0.4 is 10.1 Å². The summed E-state index contributed by atoms with van der Waals surface area (Å²) in [5.41, 5.74) is 0.975. The molecule has 0 bridgehead atoms. The topological polar surface area (TPSA) is 62.1 Å². The molecule has 100 valence electrons. The number of fused-ring (bicyclic) bond motifs is 1. The van der Waals surface area contributed by atoms with Crippen LogP contribution in [0.5, 0.6) is 5.75 Å². The molecule has 0 aliphatic carbocycles. The van der Waals surface area contributed by atoms with Gasteiger partial charge in [0.15, 0.2) is 0 Å². The molecule has 0 saturated heterocycles. The van der Waals surface area contributed by atoms with E-state index in [1.54, 1.807) is 0 Å². The Balaban J connectivity index is 1.89. The number of carbonyl (C=O) groups is 1. The van der Waals surface area contributed by atoms with Crippen molar-refractivity contribution in [2.75, 3.05) is 13.2 Å². The van der Waals surface area contributed by atoms with Crippen molar-refractivity contribution in [1.82, 2.24) is 5.32 Å². The van der Waals surface area contributed by atoms with Gasteiger partial charge in [-0.2, -0.15) is 5.26 Å². The molecule has 19 heavy (non-hydrogen) atoms. The summed E-state index contributed by atoms with van der Waals surface area (Å²) in [6.07, 6.45) is 2.96. The predicted octanol–water partition coefficient (Wildman–Crippen LogP) is 2.36. The molecule has 1 unspecified atom stereocenters. The molecule has 4 heteroatoms. The SMILES string of the molecule is N#CCCCCNC(=O)C1CCOc2ccccc21. The Morgan fingerprint density at radius 2 is 2.26 bits per heavy atom. The summed E-state index contributed by atoms with van der Waals surface area (Å²) in [5.74, 6) is 0.770. The molecule has 1 amide bonds. The van der Waals surface area contributed by atoms with Crippen LogP contribution in [-0.4, -0.2) is 19.1 Å². The van der Waals surface area contributed by atoms with Crippen LogP contribution in [0.15, 0.2) is 24.3 Å². The first-order valence-electron chi connectivity index (χ1n) is 6.69. The average Bonchev–Trinajstić information content (AvgIpc) is 2.46. The number of unbranched alkanes of at least 4 members (excludes halogenated alkanes) is 2. The fourth-order valence-electron chi connectivity index (χ4n) is 2.28. The van der Waals surface area contributed by atoms with E-state index >= 15 is 0 Å². The number of hydrogen-bond donors (Lipinski definition) is 1. The van der Waals surface area contributed by atoms with Crippen molar-refractivity contribution in [1.29, 1.82) is 5.26 Å². The smallest absolute Gasteiger partial charge is 0.227 e. The van der Waals surface area contributed by atoms with Gasteiger partial charge in [-0.25, -0.2) is 0 Å². The van der Waals surface area contributed by atoms with Crippen LogP contribution in [0.25, 0.3) is 0 Å². The summed E-state index contributed by atoms with van der Waals surface area (Å²) in [5, 5.41) is 11.4. The van der Waals surface area contributed by atoms with Gasteiger partial charge in [0.25, 0.3) is 0 Å². The predicted molar refractivity (Wildman–Crippen MR) is 71.8 cm³/mol. The van der Waals surface area contributed by atoms with Gasteiger partial charge in [-0.1, -0.05) is 18.2 Å². The molecule has 0 aromatic heterocycles. The number of nitrogens with zero attached hydrogens (tertiary/aromatic N) is 1. The molecule has 1 aliphatic heterocycles. The molecule has 1 aromatic rings. The molecule has 1 atom stereocenters. The molecule has 1 heterocycles. The van der Waals surface area contributed by atoms with Crippen LogP contribution in [0.3, 0.4) is 0 Å². The van der Waals surface area contributed by atoms with E-state index in [-0.39, 0.29) is 11.8 Å². The second-order valence-electron chi connectivity index (χ2n) is 4.63. The van der Waals surface area contributed by atoms with Crippen LogP contribution in [0.1, 0.15) is 37.2 Å². The fourth-order valence-corrected chi connectivity index (χ4v) is 2.28. The third-order valence-electron chi connectivity index (χ3n) is 3.29. The van der Waals surface area contributed by atoms with Crippen molar-refractivity contribution in [2.24, 2.45) is 0 Å². The van der Waals surface area contributed by atoms with E-state index in [0.29, 0.717) is 19.6 Å². The number of ether oxygens (including phenoxy) is 1. The lowest BCUT2D eigenvalue weighted by molar-refractivity contribution is -0.123. The minimum absolute atomic E-state index is 0.0627. The molecule has 2 rings (SSSR count). The standard InChI is InChI=1S/C15H18N2O2/c16-9-4-1-5-10-17-15(18)13-8-11-19-14-7-3-2-6-12(13)14/h2-3,6-7,13H,1,4-5,8,10-11H2,(H,17,18). The second-order valence-corrected chi connectivity index (χ2v) is 4.63. The number of benzene rings is 1. The van der Waals surface area contributed by atoms with Crippen LogP contribution in [0.4, 0.5) is 0 Å². The van der Waals surface area contributed by atoms with Gasteiger partial charge in [0.05, 0.1) is 18.6 Å². The molecular formula is C15H18N2O2. The van der Waals surface area contributed by atoms with Crippen LogP contribution in [0, 0.1) is 11.3 Å². The molecule has 4 nitrogen and oxygen atoms in total. The molecule has 0 radical (unpaired) electrons. The number of hydrogen-bond acceptors (Lipinski definition) is 3. The van der Waals surface area contributed by atoms with Gasteiger partial charge in [-0.15, -0.1) is 0 Å². The first kappa shape index (κ1) is 13.4. The zero-order chi connectivity index (χ0) is 13.5. The number of carbonyl (C=O) groups excluding carboxylic acids is 1. The van der Waals surface area contributed by atoms with Gasteiger partial charge < -0.3 is 10.1 Å². The lowest BCUT2D eigenvalue weighted by Gasteiger charge is -2.25. The molecule has 0 spiro atoms. The zero-order valence-electron chi connectivity index (χ0n) is 10.9. The lowest BCUT2D eigenvalue weighted by Crippen LogP contribution is -2.33. The number of nitriles is 1. The molecular weight excluding hydrogens is 240 g/mol. The number of rotatable bonds is 5. The Hall–Kier alpha value is -2.02. The molecule has 0 fully saturated rings. The first-order chi connectivity index (χ1) is 9.33. The normalized spacial score (nSPS) is 16.9. The highest BCUT2D eigenvalue weighted by molar-refractivity contribution is 5.84. The number of nitrogens with one attached hydrogen (secondary N) is 1. The van der Waals surface area contributed by atoms with E-state index in [4.69, 9.17) is 10.00 Å². The van der Waals surface area contributed by atoms with Gasteiger partial charge in [-0.3, -0.25) is 4.79 Å². The number of para-hydroxylation sites is 1. The van der Waals surface area contributed by atoms with Crippen LogP contribution in [-0.2, 0) is 4.79 Å². The summed E-state index contributed by atoms with van der Waals surface area (Å²) < 4.78 is 5.55. The van der Waals surface area contributed by atoms with E-state index in [1.807, 2.05) is 24.3 Å². The Kier molecular flexibility index (Phi) is 4.79. The lowest BCUT2D eigenvalue weighted by atomic mass is 9.92. The minimum Gasteiger partial charge on any atom is -0.493 e. The van der Waals surface area contributed by atoms with E-state index in [1.165, 1.54) is 0 Å². The van der Waals surface area contributed by atoms with Crippen molar-refractivity contribution < 1.29 is 9.53 Å². The Bertz CT molecular complexity index is 479. The molecule has 1 aliphatic rings. The van der Waals surface area contributed by atoms with Gasteiger partial charge in [-0.05, 0) is 25.3 Å². The summed E-state index contributed by atoms with van der Waals surface area (Å²) in [4.78, 5) is 12.2. The monoisotopic (exact) mass is 258 g/mol. The highest BCUT2D eigenvalue weighted by Crippen LogP contribution is 2.33. The van der Waals surface area contributed by atoms with E-state index in [9.17, 15) is 4.79 Å². The maximum atomic E-state index is 12.2. The Morgan fingerprint density at radius 3 is 3.11 bits per heavy atom. The van der Waals surface area contributed by atoms with Gasteiger partial charge in [0.1, 0.15) is 5.75 Å². The largest absolute Gasteiger partial charge is 0.493 e. The summed E-state index contributed by atoms with van der Waals surface area (Å²) >= 11 is 0. The Labute approximate surface area is 113 Å². The third-order valence-corrected chi connectivity index (χ3v) is 3.29. The summed E-state index contributed by atoms with van der Waals surface area (Å²) in [6.45, 7) is 1.23. The minimum atomic E-state index is -0.110. The summed E-state index contributed by atoms with van der Waals surface area (Å²) in [6, 6.07) is 9.81. The van der Waals surface area contributed by atoms with Gasteiger partial charge in [0, 0.05) is 18.5 Å². The zero-order valence-corrected chi connectivity index (χ0v) is 10.9. The molecule has 0 saturated carbocycles. The first-order valence-corrected chi connectivity index (χ1v) is 6.69. The van der Waals surface area contributed by atoms with Crippen molar-refractivity contribution in [3.8, 4) is 11.8 Å². The maximum absolute atomic E-state index is 12.2. The highest BCUT2D eigenvalue weighted by atomic mass is 16.5. The molecule has 1 N–H and O–H groups in total. The van der Waals surface area contributed by atoms with Crippen LogP contribution >= 0.6 is 0 Å². The van der Waals surface area contributed by atoms with Crippen LogP contribution in [0.2, 0.25) is 0 Å². The Morgan fingerprint density at radius 1 is 1.42 bits per heavy atom. The van der Waals surface area contributed by atoms with E-state index in [0.717, 1.165) is 30.6 Å². The average molecular weight is 258 g/mol. The van der Waals surface area contributed by atoms with E-state index in [2.05, 4.69) is 11.4 Å². The van der Waals surface area contributed by atoms with Crippen molar-refractivity contribution in [2.45, 2.75) is 31.6 Å². The van der Waals surface area contributed by atoms with Crippen molar-refractivity contribution in [3.05, 3.63) is 29.8 Å².